The summed E-state index contributed by atoms with van der Waals surface area (Å²) in [5.74, 6) is 0.103. The van der Waals surface area contributed by atoms with E-state index in [0.29, 0.717) is 43.4 Å². The number of ether oxygens (including phenoxy) is 1. The quantitative estimate of drug-likeness (QED) is 0.159. The number of aliphatic hydroxyl groups excluding tert-OH is 1. The summed E-state index contributed by atoms with van der Waals surface area (Å²) in [5.41, 5.74) is 3.79. The lowest BCUT2D eigenvalue weighted by Crippen LogP contribution is -2.36. The van der Waals surface area contributed by atoms with E-state index in [1.54, 1.807) is 36.4 Å². The highest BCUT2D eigenvalue weighted by molar-refractivity contribution is 7.98. The second kappa shape index (κ2) is 14.5. The molecule has 42 heavy (non-hydrogen) atoms. The topological polar surface area (TPSA) is 103 Å². The number of thioether (sulfide) groups is 1. The number of halogens is 4. The smallest absolute Gasteiger partial charge is 0.396 e. The zero-order valence-electron chi connectivity index (χ0n) is 22.3. The number of amides is 2. The minimum Gasteiger partial charge on any atom is -0.396 e. The van der Waals surface area contributed by atoms with E-state index in [1.165, 1.54) is 17.8 Å². The molecule has 1 heterocycles. The van der Waals surface area contributed by atoms with Crippen LogP contribution < -0.4 is 15.6 Å². The van der Waals surface area contributed by atoms with Gasteiger partial charge in [-0.2, -0.15) is 30.0 Å². The Morgan fingerprint density at radius 1 is 1.07 bits per heavy atom. The number of nitrogens with one attached hydrogen (secondary N) is 2. The van der Waals surface area contributed by atoms with Crippen LogP contribution in [0.25, 0.3) is 0 Å². The highest BCUT2D eigenvalue weighted by Gasteiger charge is 2.33. The van der Waals surface area contributed by atoms with Gasteiger partial charge < -0.3 is 20.1 Å². The molecule has 222 valence electrons. The van der Waals surface area contributed by atoms with Gasteiger partial charge in [-0.1, -0.05) is 29.8 Å². The van der Waals surface area contributed by atoms with Gasteiger partial charge in [0.1, 0.15) is 0 Å². The Labute approximate surface area is 249 Å². The zero-order valence-corrected chi connectivity index (χ0v) is 23.9. The molecule has 8 nitrogen and oxygen atoms in total. The van der Waals surface area contributed by atoms with Crippen LogP contribution in [0.5, 0.6) is 0 Å². The van der Waals surface area contributed by atoms with E-state index >= 15 is 0 Å². The van der Waals surface area contributed by atoms with E-state index in [4.69, 9.17) is 21.4 Å². The predicted molar refractivity (Wildman–Crippen MR) is 159 cm³/mol. The summed E-state index contributed by atoms with van der Waals surface area (Å²) in [6.07, 6.45) is -3.57. The van der Waals surface area contributed by atoms with Gasteiger partial charge in [-0.3, -0.25) is 9.59 Å². The number of anilines is 2. The van der Waals surface area contributed by atoms with Crippen LogP contribution in [0.1, 0.15) is 37.4 Å². The van der Waals surface area contributed by atoms with Gasteiger partial charge >= 0.3 is 6.18 Å². The van der Waals surface area contributed by atoms with Crippen LogP contribution in [0.2, 0.25) is 5.02 Å². The summed E-state index contributed by atoms with van der Waals surface area (Å²) in [6.45, 7) is 2.35. The number of nitrogens with zero attached hydrogens (tertiary/aromatic N) is 2. The molecule has 2 amide bonds. The molecule has 1 fully saturated rings. The SMILES string of the molecule is O=C(Nc1ccc(N2CCOCC2)cc1C(=O)N/N=C/c1ccc(Cl)c(C(F)(F)F)c1)c1cccc(CSCCO)c1. The van der Waals surface area contributed by atoms with E-state index in [2.05, 4.69) is 15.8 Å². The van der Waals surface area contributed by atoms with Crippen molar-refractivity contribution >= 4 is 52.8 Å². The Kier molecular flexibility index (Phi) is 10.9. The minimum atomic E-state index is -4.64. The summed E-state index contributed by atoms with van der Waals surface area (Å²) in [6, 6.07) is 15.4. The average Bonchev–Trinajstić information content (AvgIpc) is 2.98. The van der Waals surface area contributed by atoms with Crippen LogP contribution in [0, 0.1) is 0 Å². The number of alkyl halides is 3. The molecule has 0 aliphatic carbocycles. The summed E-state index contributed by atoms with van der Waals surface area (Å²) in [4.78, 5) is 28.4. The summed E-state index contributed by atoms with van der Waals surface area (Å²) < 4.78 is 45.0. The number of hydrogen-bond donors (Lipinski definition) is 3. The van der Waals surface area contributed by atoms with E-state index in [0.717, 1.165) is 29.6 Å². The third kappa shape index (κ3) is 8.48. The van der Waals surface area contributed by atoms with E-state index in [-0.39, 0.29) is 23.4 Å². The Morgan fingerprint density at radius 2 is 1.86 bits per heavy atom. The Morgan fingerprint density at radius 3 is 2.60 bits per heavy atom. The van der Waals surface area contributed by atoms with Crippen LogP contribution in [-0.2, 0) is 16.7 Å². The van der Waals surface area contributed by atoms with Crippen molar-refractivity contribution in [3.63, 3.8) is 0 Å². The molecule has 0 bridgehead atoms. The predicted octanol–water partition coefficient (Wildman–Crippen LogP) is 5.44. The van der Waals surface area contributed by atoms with Crippen LogP contribution in [0.3, 0.4) is 0 Å². The molecule has 4 rings (SSSR count). The molecule has 0 unspecified atom stereocenters. The van der Waals surface area contributed by atoms with Crippen LogP contribution in [0.15, 0.2) is 65.8 Å². The van der Waals surface area contributed by atoms with Crippen molar-refractivity contribution in [2.45, 2.75) is 11.9 Å². The maximum absolute atomic E-state index is 13.2. The van der Waals surface area contributed by atoms with Crippen molar-refractivity contribution in [2.75, 3.05) is 48.9 Å². The number of benzene rings is 3. The molecule has 1 saturated heterocycles. The van der Waals surface area contributed by atoms with Gasteiger partial charge in [-0.25, -0.2) is 5.43 Å². The highest BCUT2D eigenvalue weighted by atomic mass is 35.5. The summed E-state index contributed by atoms with van der Waals surface area (Å²) in [7, 11) is 0. The van der Waals surface area contributed by atoms with Gasteiger partial charge in [-0.05, 0) is 53.6 Å². The van der Waals surface area contributed by atoms with Crippen LogP contribution in [0.4, 0.5) is 24.5 Å². The van der Waals surface area contributed by atoms with Crippen molar-refractivity contribution in [1.82, 2.24) is 5.43 Å². The minimum absolute atomic E-state index is 0.0640. The van der Waals surface area contributed by atoms with Crippen LogP contribution >= 0.6 is 23.4 Å². The van der Waals surface area contributed by atoms with Crippen molar-refractivity contribution in [2.24, 2.45) is 5.10 Å². The average molecular weight is 621 g/mol. The number of carbonyl (C=O) groups is 2. The molecule has 1 aliphatic rings. The molecule has 0 aromatic heterocycles. The lowest BCUT2D eigenvalue weighted by Gasteiger charge is -2.29. The number of rotatable bonds is 10. The van der Waals surface area contributed by atoms with Gasteiger partial charge in [0.2, 0.25) is 0 Å². The molecular weight excluding hydrogens is 593 g/mol. The number of carbonyl (C=O) groups excluding carboxylic acids is 2. The van der Waals surface area contributed by atoms with Gasteiger partial charge in [0.05, 0.1) is 47.9 Å². The fraction of sp³-hybridized carbons (Fsp3) is 0.276. The molecular formula is C29H28ClF3N4O4S. The molecule has 1 aliphatic heterocycles. The molecule has 0 spiro atoms. The molecule has 0 atom stereocenters. The highest BCUT2D eigenvalue weighted by Crippen LogP contribution is 2.35. The van der Waals surface area contributed by atoms with Gasteiger partial charge in [0, 0.05) is 35.8 Å². The Hall–Kier alpha value is -3.58. The first-order chi connectivity index (χ1) is 20.2. The molecule has 3 N–H and O–H groups in total. The first kappa shape index (κ1) is 31.4. The third-order valence-corrected chi connectivity index (χ3v) is 7.58. The maximum atomic E-state index is 13.2. The van der Waals surface area contributed by atoms with Crippen molar-refractivity contribution in [3.8, 4) is 0 Å². The number of aliphatic hydroxyl groups is 1. The molecule has 13 heteroatoms. The van der Waals surface area contributed by atoms with Crippen molar-refractivity contribution in [1.29, 1.82) is 0 Å². The molecule has 0 radical (unpaired) electrons. The number of morpholine rings is 1. The Balaban J connectivity index is 1.55. The van der Waals surface area contributed by atoms with Gasteiger partial charge in [-0.15, -0.1) is 0 Å². The lowest BCUT2D eigenvalue weighted by atomic mass is 10.1. The largest absolute Gasteiger partial charge is 0.417 e. The summed E-state index contributed by atoms with van der Waals surface area (Å²) >= 11 is 7.21. The zero-order chi connectivity index (χ0) is 30.1. The normalized spacial score (nSPS) is 13.8. The third-order valence-electron chi connectivity index (χ3n) is 6.24. The molecule has 3 aromatic carbocycles. The fourth-order valence-electron chi connectivity index (χ4n) is 4.16. The van der Waals surface area contributed by atoms with Crippen LogP contribution in [-0.4, -0.2) is 61.8 Å². The number of hydrazone groups is 1. The summed E-state index contributed by atoms with van der Waals surface area (Å²) in [5, 5.41) is 15.2. The van der Waals surface area contributed by atoms with Gasteiger partial charge in [0.25, 0.3) is 11.8 Å². The van der Waals surface area contributed by atoms with E-state index in [9.17, 15) is 22.8 Å². The first-order valence-corrected chi connectivity index (χ1v) is 14.4. The maximum Gasteiger partial charge on any atom is 0.417 e. The second-order valence-electron chi connectivity index (χ2n) is 9.20. The first-order valence-electron chi connectivity index (χ1n) is 12.9. The van der Waals surface area contributed by atoms with Crippen molar-refractivity contribution in [3.05, 3.63) is 93.5 Å². The van der Waals surface area contributed by atoms with Crippen molar-refractivity contribution < 1.29 is 32.6 Å². The molecule has 0 saturated carbocycles. The number of hydrogen-bond acceptors (Lipinski definition) is 7. The van der Waals surface area contributed by atoms with E-state index in [1.807, 2.05) is 11.0 Å². The fourth-order valence-corrected chi connectivity index (χ4v) is 5.08. The van der Waals surface area contributed by atoms with E-state index < -0.39 is 28.6 Å². The lowest BCUT2D eigenvalue weighted by molar-refractivity contribution is -0.137. The standard InChI is InChI=1S/C29H28ClF3N4O4S/c30-25-6-4-19(15-24(25)29(31,32)33)17-34-36-28(40)23-16-22(37-8-11-41-12-9-37)5-7-26(23)35-27(39)21-3-1-2-20(14-21)18-42-13-10-38/h1-7,14-17,38H,8-13,18H2,(H,35,39)(H,36,40)/b34-17+. The monoisotopic (exact) mass is 620 g/mol. The second-order valence-corrected chi connectivity index (χ2v) is 10.7. The Bertz CT molecular complexity index is 1450. The molecule has 3 aromatic rings. The van der Waals surface area contributed by atoms with Gasteiger partial charge in [0.15, 0.2) is 0 Å².